The number of nitrogens with zero attached hydrogens (tertiary/aromatic N) is 5. The lowest BCUT2D eigenvalue weighted by Crippen LogP contribution is -2.31. The molecule has 29 heavy (non-hydrogen) atoms. The van der Waals surface area contributed by atoms with Crippen LogP contribution in [0, 0.1) is 10.1 Å². The van der Waals surface area contributed by atoms with E-state index >= 15 is 0 Å². The van der Waals surface area contributed by atoms with Crippen molar-refractivity contribution in [2.45, 2.75) is 25.8 Å². The Morgan fingerprint density at radius 1 is 1.10 bits per heavy atom. The van der Waals surface area contributed by atoms with Crippen molar-refractivity contribution >= 4 is 28.6 Å². The summed E-state index contributed by atoms with van der Waals surface area (Å²) in [7, 11) is 0. The van der Waals surface area contributed by atoms with Crippen LogP contribution < -0.4 is 4.90 Å². The van der Waals surface area contributed by atoms with E-state index < -0.39 is 4.92 Å². The largest absolute Gasteiger partial charge is 0.370 e. The molecule has 3 heterocycles. The highest BCUT2D eigenvalue weighted by atomic mass is 32.1. The average Bonchev–Trinajstić information content (AvgIpc) is 3.39. The highest BCUT2D eigenvalue weighted by Gasteiger charge is 2.28. The Kier molecular flexibility index (Phi) is 6.05. The second kappa shape index (κ2) is 8.87. The number of thiazole rings is 1. The van der Waals surface area contributed by atoms with Crippen molar-refractivity contribution in [1.82, 2.24) is 14.8 Å². The summed E-state index contributed by atoms with van der Waals surface area (Å²) in [4.78, 5) is 34.6. The predicted octanol–water partition coefficient (Wildman–Crippen LogP) is 3.00. The van der Waals surface area contributed by atoms with E-state index in [1.54, 1.807) is 28.4 Å². The summed E-state index contributed by atoms with van der Waals surface area (Å²) >= 11 is 1.61. The van der Waals surface area contributed by atoms with E-state index in [4.69, 9.17) is 0 Å². The van der Waals surface area contributed by atoms with E-state index in [1.165, 1.54) is 6.07 Å². The van der Waals surface area contributed by atoms with Crippen LogP contribution in [0.15, 0.2) is 29.1 Å². The number of hydrogen-bond acceptors (Lipinski definition) is 7. The fourth-order valence-electron chi connectivity index (χ4n) is 4.07. The first-order valence-electron chi connectivity index (χ1n) is 10.0. The van der Waals surface area contributed by atoms with Crippen LogP contribution in [0.3, 0.4) is 0 Å². The van der Waals surface area contributed by atoms with E-state index in [0.29, 0.717) is 13.1 Å². The van der Waals surface area contributed by atoms with Gasteiger partial charge in [-0.1, -0.05) is 0 Å². The van der Waals surface area contributed by atoms with E-state index in [-0.39, 0.29) is 17.2 Å². The molecule has 2 fully saturated rings. The Balaban J connectivity index is 1.51. The summed E-state index contributed by atoms with van der Waals surface area (Å²) in [6.07, 6.45) is 2.91. The number of carbonyl (C=O) groups excluding carboxylic acids is 1. The first-order valence-corrected chi connectivity index (χ1v) is 11.0. The Labute approximate surface area is 173 Å². The number of hydrogen-bond donors (Lipinski definition) is 0. The topological polar surface area (TPSA) is 82.8 Å². The molecule has 1 amide bonds. The summed E-state index contributed by atoms with van der Waals surface area (Å²) in [5.74, 6) is -0.226. The van der Waals surface area contributed by atoms with Crippen molar-refractivity contribution in [1.29, 1.82) is 0 Å². The van der Waals surface area contributed by atoms with Gasteiger partial charge in [0.15, 0.2) is 0 Å². The molecule has 0 atom stereocenters. The second-order valence-corrected chi connectivity index (χ2v) is 8.27. The lowest BCUT2D eigenvalue weighted by atomic mass is 10.1. The zero-order valence-corrected chi connectivity index (χ0v) is 17.1. The molecule has 2 aliphatic heterocycles. The molecule has 0 N–H and O–H groups in total. The van der Waals surface area contributed by atoms with Gasteiger partial charge in [-0.25, -0.2) is 4.98 Å². The quantitative estimate of drug-likeness (QED) is 0.551. The van der Waals surface area contributed by atoms with Crippen molar-refractivity contribution in [3.63, 3.8) is 0 Å². The van der Waals surface area contributed by atoms with Gasteiger partial charge >= 0.3 is 0 Å². The molecular formula is C20H25N5O3S. The molecule has 0 radical (unpaired) electrons. The van der Waals surface area contributed by atoms with Crippen LogP contribution in [-0.4, -0.2) is 64.9 Å². The highest BCUT2D eigenvalue weighted by molar-refractivity contribution is 7.07. The highest BCUT2D eigenvalue weighted by Crippen LogP contribution is 2.28. The predicted molar refractivity (Wildman–Crippen MR) is 112 cm³/mol. The van der Waals surface area contributed by atoms with Crippen molar-refractivity contribution in [2.75, 3.05) is 44.2 Å². The third-order valence-corrected chi connectivity index (χ3v) is 6.26. The monoisotopic (exact) mass is 415 g/mol. The molecule has 0 aliphatic carbocycles. The van der Waals surface area contributed by atoms with Crippen LogP contribution >= 0.6 is 11.3 Å². The summed E-state index contributed by atoms with van der Waals surface area (Å²) in [6.45, 7) is 5.76. The van der Waals surface area contributed by atoms with Gasteiger partial charge in [0, 0.05) is 62.9 Å². The molecule has 154 valence electrons. The summed E-state index contributed by atoms with van der Waals surface area (Å²) in [5, 5.41) is 13.6. The molecule has 2 aliphatic rings. The smallest absolute Gasteiger partial charge is 0.282 e. The third kappa shape index (κ3) is 4.56. The minimum Gasteiger partial charge on any atom is -0.370 e. The average molecular weight is 416 g/mol. The van der Waals surface area contributed by atoms with Crippen molar-refractivity contribution in [3.05, 3.63) is 50.5 Å². The summed E-state index contributed by atoms with van der Waals surface area (Å²) in [6, 6.07) is 4.97. The normalized spacial score (nSPS) is 18.1. The number of amides is 1. The molecule has 0 saturated carbocycles. The van der Waals surface area contributed by atoms with Crippen LogP contribution in [0.1, 0.15) is 35.3 Å². The zero-order valence-electron chi connectivity index (χ0n) is 16.3. The molecule has 0 spiro atoms. The zero-order chi connectivity index (χ0) is 20.2. The first kappa shape index (κ1) is 19.8. The number of aromatic nitrogens is 1. The van der Waals surface area contributed by atoms with E-state index in [2.05, 4.69) is 20.2 Å². The molecule has 0 unspecified atom stereocenters. The number of rotatable bonds is 5. The number of likely N-dealkylation sites (tertiary alicyclic amines) is 1. The molecule has 0 bridgehead atoms. The lowest BCUT2D eigenvalue weighted by Gasteiger charge is -2.24. The molecule has 1 aromatic carbocycles. The maximum Gasteiger partial charge on any atom is 0.282 e. The number of carbonyl (C=O) groups is 1. The van der Waals surface area contributed by atoms with Gasteiger partial charge in [0.1, 0.15) is 5.56 Å². The van der Waals surface area contributed by atoms with Crippen LogP contribution in [0.2, 0.25) is 0 Å². The van der Waals surface area contributed by atoms with Gasteiger partial charge in [0.25, 0.3) is 11.6 Å². The van der Waals surface area contributed by atoms with Gasteiger partial charge in [-0.2, -0.15) is 0 Å². The van der Waals surface area contributed by atoms with Crippen molar-refractivity contribution in [3.8, 4) is 0 Å². The van der Waals surface area contributed by atoms with Crippen LogP contribution in [0.5, 0.6) is 0 Å². The molecule has 1 aromatic heterocycles. The maximum absolute atomic E-state index is 12.9. The first-order chi connectivity index (χ1) is 14.1. The van der Waals surface area contributed by atoms with Crippen LogP contribution in [0.4, 0.5) is 11.4 Å². The minimum atomic E-state index is -0.453. The molecule has 9 heteroatoms. The molecule has 8 nitrogen and oxygen atoms in total. The second-order valence-electron chi connectivity index (χ2n) is 7.55. The molecule has 4 rings (SSSR count). The lowest BCUT2D eigenvalue weighted by molar-refractivity contribution is -0.385. The standard InChI is InChI=1S/C20H25N5O3S/c26-20(24-7-1-2-8-24)18-12-17(4-5-19(18)25(27)28)23-9-3-6-22(10-11-23)13-16-14-29-15-21-16/h4-5,12,14-15H,1-3,6-11,13H2. The van der Waals surface area contributed by atoms with Gasteiger partial charge in [-0.05, 0) is 31.4 Å². The minimum absolute atomic E-state index is 0.106. The fourth-order valence-corrected chi connectivity index (χ4v) is 4.62. The van der Waals surface area contributed by atoms with E-state index in [1.807, 2.05) is 5.51 Å². The van der Waals surface area contributed by atoms with Crippen molar-refractivity contribution in [2.24, 2.45) is 0 Å². The van der Waals surface area contributed by atoms with Gasteiger partial charge in [0.05, 0.1) is 16.1 Å². The summed E-state index contributed by atoms with van der Waals surface area (Å²) < 4.78 is 0. The Bertz CT molecular complexity index is 867. The molecular weight excluding hydrogens is 390 g/mol. The third-order valence-electron chi connectivity index (χ3n) is 5.62. The van der Waals surface area contributed by atoms with Gasteiger partial charge in [-0.3, -0.25) is 19.8 Å². The molecule has 2 aromatic rings. The number of anilines is 1. The number of nitro benzene ring substituents is 1. The van der Waals surface area contributed by atoms with Gasteiger partial charge in [-0.15, -0.1) is 11.3 Å². The van der Waals surface area contributed by atoms with Crippen LogP contribution in [0.25, 0.3) is 0 Å². The number of benzene rings is 1. The summed E-state index contributed by atoms with van der Waals surface area (Å²) in [5.41, 5.74) is 3.93. The van der Waals surface area contributed by atoms with E-state index in [9.17, 15) is 14.9 Å². The SMILES string of the molecule is O=C(c1cc(N2CCCN(Cc3cscn3)CC2)ccc1[N+](=O)[O-])N1CCCC1. The number of nitro groups is 1. The van der Waals surface area contributed by atoms with Crippen molar-refractivity contribution < 1.29 is 9.72 Å². The Morgan fingerprint density at radius 3 is 2.66 bits per heavy atom. The maximum atomic E-state index is 12.9. The van der Waals surface area contributed by atoms with Gasteiger partial charge < -0.3 is 9.80 Å². The van der Waals surface area contributed by atoms with Gasteiger partial charge in [0.2, 0.25) is 0 Å². The fraction of sp³-hybridized carbons (Fsp3) is 0.500. The Hall–Kier alpha value is -2.52. The van der Waals surface area contributed by atoms with E-state index in [0.717, 1.165) is 63.4 Å². The van der Waals surface area contributed by atoms with Crippen LogP contribution in [-0.2, 0) is 6.54 Å². The molecule has 2 saturated heterocycles. The Morgan fingerprint density at radius 2 is 1.93 bits per heavy atom.